The molecule has 29 heavy (non-hydrogen) atoms. The van der Waals surface area contributed by atoms with Crippen LogP contribution in [0.4, 0.5) is 0 Å². The monoisotopic (exact) mass is 414 g/mol. The summed E-state index contributed by atoms with van der Waals surface area (Å²) in [6.07, 6.45) is 3.05. The standard InChI is InChI=1S/C20H22N4O4S/c1-12(14-8-18(25)21-10-14)28-20-19-17(22-11-24(19)2)9-16(23-20)13-5-4-6-15(7-13)29(3,26)27/h4-7,9,11-12,14H,8,10H2,1-3H3,(H,21,25)/t12-,14-/m1/s1. The van der Waals surface area contributed by atoms with Gasteiger partial charge in [0.25, 0.3) is 0 Å². The lowest BCUT2D eigenvalue weighted by Gasteiger charge is -2.20. The number of carbonyl (C=O) groups excluding carboxylic acids is 1. The average Bonchev–Trinajstić information content (AvgIpc) is 3.27. The Kier molecular flexibility index (Phi) is 4.77. The lowest BCUT2D eigenvalue weighted by Crippen LogP contribution is -2.26. The average molecular weight is 414 g/mol. The van der Waals surface area contributed by atoms with Gasteiger partial charge in [0.1, 0.15) is 11.6 Å². The number of rotatable bonds is 5. The zero-order chi connectivity index (χ0) is 20.8. The quantitative estimate of drug-likeness (QED) is 0.684. The fourth-order valence-corrected chi connectivity index (χ4v) is 4.15. The van der Waals surface area contributed by atoms with E-state index in [2.05, 4.69) is 15.3 Å². The number of pyridine rings is 1. The molecule has 9 heteroatoms. The van der Waals surface area contributed by atoms with Crippen LogP contribution in [0.25, 0.3) is 22.3 Å². The van der Waals surface area contributed by atoms with E-state index < -0.39 is 9.84 Å². The van der Waals surface area contributed by atoms with Gasteiger partial charge in [0.15, 0.2) is 9.84 Å². The van der Waals surface area contributed by atoms with Gasteiger partial charge in [-0.2, -0.15) is 0 Å². The fraction of sp³-hybridized carbons (Fsp3) is 0.350. The predicted molar refractivity (Wildman–Crippen MR) is 108 cm³/mol. The summed E-state index contributed by atoms with van der Waals surface area (Å²) in [6, 6.07) is 8.46. The molecule has 3 aromatic rings. The smallest absolute Gasteiger partial charge is 0.241 e. The fourth-order valence-electron chi connectivity index (χ4n) is 3.49. The first-order valence-corrected chi connectivity index (χ1v) is 11.2. The van der Waals surface area contributed by atoms with Crippen LogP contribution >= 0.6 is 0 Å². The molecule has 1 N–H and O–H groups in total. The lowest BCUT2D eigenvalue weighted by molar-refractivity contribution is -0.119. The third kappa shape index (κ3) is 3.82. The molecule has 0 radical (unpaired) electrons. The van der Waals surface area contributed by atoms with E-state index in [-0.39, 0.29) is 22.8 Å². The first kappa shape index (κ1) is 19.4. The molecule has 3 heterocycles. The first-order chi connectivity index (χ1) is 13.7. The molecule has 1 aromatic carbocycles. The van der Waals surface area contributed by atoms with Gasteiger partial charge in [-0.3, -0.25) is 4.79 Å². The molecule has 2 aromatic heterocycles. The molecular formula is C20H22N4O4S. The van der Waals surface area contributed by atoms with E-state index in [0.717, 1.165) is 5.52 Å². The normalized spacial score (nSPS) is 18.0. The molecular weight excluding hydrogens is 392 g/mol. The number of aromatic nitrogens is 3. The molecule has 1 fully saturated rings. The number of fused-ring (bicyclic) bond motifs is 1. The molecule has 1 aliphatic rings. The molecule has 0 bridgehead atoms. The van der Waals surface area contributed by atoms with Crippen molar-refractivity contribution in [3.05, 3.63) is 36.7 Å². The number of aryl methyl sites for hydroxylation is 1. The van der Waals surface area contributed by atoms with Crippen molar-refractivity contribution in [2.45, 2.75) is 24.3 Å². The number of sulfone groups is 1. The maximum Gasteiger partial charge on any atom is 0.241 e. The van der Waals surface area contributed by atoms with Crippen molar-refractivity contribution in [1.82, 2.24) is 19.9 Å². The van der Waals surface area contributed by atoms with Crippen LogP contribution in [0.15, 0.2) is 41.6 Å². The van der Waals surface area contributed by atoms with Crippen molar-refractivity contribution in [1.29, 1.82) is 0 Å². The highest BCUT2D eigenvalue weighted by Gasteiger charge is 2.29. The SMILES string of the molecule is C[C@@H](Oc1nc(-c2cccc(S(C)(=O)=O)c2)cc2ncn(C)c12)[C@H]1CNC(=O)C1. The Labute approximate surface area is 168 Å². The van der Waals surface area contributed by atoms with Crippen LogP contribution < -0.4 is 10.1 Å². The molecule has 152 valence electrons. The van der Waals surface area contributed by atoms with Crippen molar-refractivity contribution in [2.75, 3.05) is 12.8 Å². The molecule has 4 rings (SSSR count). The number of ether oxygens (including phenoxy) is 1. The van der Waals surface area contributed by atoms with Gasteiger partial charge in [0.2, 0.25) is 11.8 Å². The van der Waals surface area contributed by atoms with Crippen molar-refractivity contribution in [3.63, 3.8) is 0 Å². The van der Waals surface area contributed by atoms with Gasteiger partial charge in [-0.25, -0.2) is 18.4 Å². The Morgan fingerprint density at radius 2 is 2.10 bits per heavy atom. The maximum atomic E-state index is 11.9. The molecule has 1 amide bonds. The number of imidazole rings is 1. The van der Waals surface area contributed by atoms with E-state index in [4.69, 9.17) is 4.74 Å². The molecule has 8 nitrogen and oxygen atoms in total. The van der Waals surface area contributed by atoms with Gasteiger partial charge >= 0.3 is 0 Å². The topological polar surface area (TPSA) is 103 Å². The predicted octanol–water partition coefficient (Wildman–Crippen LogP) is 1.94. The van der Waals surface area contributed by atoms with E-state index in [1.54, 1.807) is 30.6 Å². The van der Waals surface area contributed by atoms with Gasteiger partial charge in [0, 0.05) is 37.8 Å². The summed E-state index contributed by atoms with van der Waals surface area (Å²) in [5.74, 6) is 0.495. The summed E-state index contributed by atoms with van der Waals surface area (Å²) < 4.78 is 31.9. The minimum absolute atomic E-state index is 0.0235. The van der Waals surface area contributed by atoms with Gasteiger partial charge in [0.05, 0.1) is 22.4 Å². The number of amides is 1. The van der Waals surface area contributed by atoms with E-state index in [1.165, 1.54) is 6.26 Å². The van der Waals surface area contributed by atoms with Crippen LogP contribution in [-0.2, 0) is 21.7 Å². The summed E-state index contributed by atoms with van der Waals surface area (Å²) in [6.45, 7) is 2.50. The van der Waals surface area contributed by atoms with Crippen molar-refractivity contribution in [3.8, 4) is 17.1 Å². The highest BCUT2D eigenvalue weighted by Crippen LogP contribution is 2.31. The zero-order valence-corrected chi connectivity index (χ0v) is 17.2. The van der Waals surface area contributed by atoms with Gasteiger partial charge < -0.3 is 14.6 Å². The largest absolute Gasteiger partial charge is 0.473 e. The summed E-state index contributed by atoms with van der Waals surface area (Å²) in [7, 11) is -1.47. The first-order valence-electron chi connectivity index (χ1n) is 9.28. The van der Waals surface area contributed by atoms with E-state index >= 15 is 0 Å². The highest BCUT2D eigenvalue weighted by molar-refractivity contribution is 7.90. The van der Waals surface area contributed by atoms with Crippen molar-refractivity contribution < 1.29 is 17.9 Å². The molecule has 1 saturated heterocycles. The lowest BCUT2D eigenvalue weighted by atomic mass is 10.0. The Morgan fingerprint density at radius 1 is 1.31 bits per heavy atom. The Bertz CT molecular complexity index is 1200. The van der Waals surface area contributed by atoms with Crippen LogP contribution in [0, 0.1) is 5.92 Å². The Hall–Kier alpha value is -2.94. The molecule has 0 aliphatic carbocycles. The molecule has 0 unspecified atom stereocenters. The second kappa shape index (κ2) is 7.14. The minimum atomic E-state index is -3.33. The number of hydrogen-bond donors (Lipinski definition) is 1. The van der Waals surface area contributed by atoms with E-state index in [1.807, 2.05) is 24.6 Å². The Balaban J connectivity index is 1.77. The Morgan fingerprint density at radius 3 is 2.79 bits per heavy atom. The second-order valence-corrected chi connectivity index (χ2v) is 9.44. The van der Waals surface area contributed by atoms with Crippen LogP contribution in [0.5, 0.6) is 5.88 Å². The van der Waals surface area contributed by atoms with Gasteiger partial charge in [-0.05, 0) is 25.1 Å². The van der Waals surface area contributed by atoms with Gasteiger partial charge in [-0.1, -0.05) is 12.1 Å². The summed E-state index contributed by atoms with van der Waals surface area (Å²) in [4.78, 5) is 20.9. The zero-order valence-electron chi connectivity index (χ0n) is 16.4. The summed E-state index contributed by atoms with van der Waals surface area (Å²) in [5.41, 5.74) is 2.68. The van der Waals surface area contributed by atoms with E-state index in [0.29, 0.717) is 35.6 Å². The van der Waals surface area contributed by atoms with Crippen molar-refractivity contribution in [2.24, 2.45) is 13.0 Å². The minimum Gasteiger partial charge on any atom is -0.473 e. The maximum absolute atomic E-state index is 11.9. The number of nitrogens with one attached hydrogen (secondary N) is 1. The van der Waals surface area contributed by atoms with Crippen molar-refractivity contribution >= 4 is 26.8 Å². The van der Waals surface area contributed by atoms with Crippen LogP contribution in [0.1, 0.15) is 13.3 Å². The van der Waals surface area contributed by atoms with Crippen LogP contribution in [0.3, 0.4) is 0 Å². The van der Waals surface area contributed by atoms with Crippen LogP contribution in [0.2, 0.25) is 0 Å². The third-order valence-electron chi connectivity index (χ3n) is 5.19. The molecule has 0 saturated carbocycles. The second-order valence-electron chi connectivity index (χ2n) is 7.43. The van der Waals surface area contributed by atoms with E-state index in [9.17, 15) is 13.2 Å². The number of nitrogens with zero attached hydrogens (tertiary/aromatic N) is 3. The number of carbonyl (C=O) groups is 1. The third-order valence-corrected chi connectivity index (χ3v) is 6.30. The molecule has 1 aliphatic heterocycles. The summed E-state index contributed by atoms with van der Waals surface area (Å²) >= 11 is 0. The van der Waals surface area contributed by atoms with Gasteiger partial charge in [-0.15, -0.1) is 0 Å². The number of benzene rings is 1. The van der Waals surface area contributed by atoms with Crippen LogP contribution in [-0.4, -0.2) is 47.8 Å². The number of hydrogen-bond acceptors (Lipinski definition) is 6. The molecule has 0 spiro atoms. The molecule has 2 atom stereocenters. The highest BCUT2D eigenvalue weighted by atomic mass is 32.2. The summed E-state index contributed by atoms with van der Waals surface area (Å²) in [5, 5.41) is 2.82.